The summed E-state index contributed by atoms with van der Waals surface area (Å²) < 4.78 is 31.5. The maximum atomic E-state index is 13.4. The quantitative estimate of drug-likeness (QED) is 0.798. The van der Waals surface area contributed by atoms with E-state index in [1.807, 2.05) is 17.0 Å². The van der Waals surface area contributed by atoms with Crippen LogP contribution in [-0.2, 0) is 11.3 Å². The van der Waals surface area contributed by atoms with Crippen LogP contribution in [0.25, 0.3) is 0 Å². The molecular weight excluding hydrogens is 326 g/mol. The van der Waals surface area contributed by atoms with Crippen LogP contribution >= 0.6 is 0 Å². The lowest BCUT2D eigenvalue weighted by molar-refractivity contribution is 0.0847. The van der Waals surface area contributed by atoms with Crippen molar-refractivity contribution < 1.29 is 18.6 Å². The molecule has 0 aliphatic rings. The van der Waals surface area contributed by atoms with Gasteiger partial charge in [0.2, 0.25) is 0 Å². The van der Waals surface area contributed by atoms with Crippen molar-refractivity contribution >= 4 is 0 Å². The zero-order valence-corrected chi connectivity index (χ0v) is 14.0. The van der Waals surface area contributed by atoms with Gasteiger partial charge in [-0.2, -0.15) is 5.26 Å². The van der Waals surface area contributed by atoms with Crippen molar-refractivity contribution in [2.24, 2.45) is 0 Å². The van der Waals surface area contributed by atoms with E-state index in [2.05, 4.69) is 6.07 Å². The van der Waals surface area contributed by atoms with Crippen LogP contribution in [0.1, 0.15) is 22.8 Å². The van der Waals surface area contributed by atoms with Crippen molar-refractivity contribution in [3.8, 4) is 6.07 Å². The topological polar surface area (TPSA) is 56.5 Å². The van der Waals surface area contributed by atoms with Crippen molar-refractivity contribution in [3.05, 3.63) is 70.8 Å². The van der Waals surface area contributed by atoms with E-state index in [4.69, 9.17) is 10.00 Å². The number of nitrogens with zero attached hydrogens (tertiary/aromatic N) is 2. The Hall–Kier alpha value is -2.33. The van der Waals surface area contributed by atoms with Gasteiger partial charge >= 0.3 is 0 Å². The molecule has 0 fully saturated rings. The van der Waals surface area contributed by atoms with Gasteiger partial charge < -0.3 is 9.84 Å². The summed E-state index contributed by atoms with van der Waals surface area (Å²) in [6, 6.07) is 12.6. The minimum Gasteiger partial charge on any atom is -0.387 e. The zero-order valence-electron chi connectivity index (χ0n) is 14.0. The highest BCUT2D eigenvalue weighted by Crippen LogP contribution is 2.18. The average Bonchev–Trinajstić information content (AvgIpc) is 2.62. The predicted molar refractivity (Wildman–Crippen MR) is 89.6 cm³/mol. The van der Waals surface area contributed by atoms with Gasteiger partial charge in [0, 0.05) is 26.7 Å². The number of hydrogen-bond donors (Lipinski definition) is 1. The fourth-order valence-electron chi connectivity index (χ4n) is 2.47. The molecule has 132 valence electrons. The van der Waals surface area contributed by atoms with Crippen LogP contribution in [0.3, 0.4) is 0 Å². The molecule has 0 aliphatic heterocycles. The monoisotopic (exact) mass is 346 g/mol. The van der Waals surface area contributed by atoms with Gasteiger partial charge in [0.15, 0.2) is 11.6 Å². The molecule has 6 heteroatoms. The molecule has 2 rings (SSSR count). The van der Waals surface area contributed by atoms with Crippen molar-refractivity contribution in [2.45, 2.75) is 12.6 Å². The molecular formula is C19H20F2N2O2. The Balaban J connectivity index is 2.07. The molecule has 0 bridgehead atoms. The third kappa shape index (κ3) is 5.61. The molecule has 1 unspecified atom stereocenters. The summed E-state index contributed by atoms with van der Waals surface area (Å²) in [4.78, 5) is 1.96. The van der Waals surface area contributed by atoms with Gasteiger partial charge in [0.05, 0.1) is 24.3 Å². The van der Waals surface area contributed by atoms with E-state index in [9.17, 15) is 13.9 Å². The molecule has 0 radical (unpaired) electrons. The lowest BCUT2D eigenvalue weighted by atomic mass is 10.1. The van der Waals surface area contributed by atoms with E-state index < -0.39 is 17.7 Å². The minimum atomic E-state index is -0.980. The van der Waals surface area contributed by atoms with Crippen molar-refractivity contribution in [3.63, 3.8) is 0 Å². The first-order valence-electron chi connectivity index (χ1n) is 7.87. The van der Waals surface area contributed by atoms with Crippen LogP contribution in [0.15, 0.2) is 42.5 Å². The van der Waals surface area contributed by atoms with Crippen LogP contribution in [0.2, 0.25) is 0 Å². The first kappa shape index (κ1) is 19.0. The summed E-state index contributed by atoms with van der Waals surface area (Å²) in [6.45, 7) is 1.82. The van der Waals surface area contributed by atoms with Crippen molar-refractivity contribution in [2.75, 3.05) is 26.8 Å². The molecule has 1 atom stereocenters. The number of rotatable bonds is 8. The summed E-state index contributed by atoms with van der Waals surface area (Å²) in [5, 5.41) is 19.2. The number of aliphatic hydroxyl groups is 1. The Bertz CT molecular complexity index is 729. The van der Waals surface area contributed by atoms with E-state index in [1.54, 1.807) is 19.2 Å². The van der Waals surface area contributed by atoms with E-state index >= 15 is 0 Å². The maximum Gasteiger partial charge on any atom is 0.159 e. The van der Waals surface area contributed by atoms with Gasteiger partial charge in [0.25, 0.3) is 0 Å². The molecule has 0 aliphatic carbocycles. The molecule has 0 saturated carbocycles. The number of hydrogen-bond acceptors (Lipinski definition) is 4. The predicted octanol–water partition coefficient (Wildman–Crippen LogP) is 3.02. The number of benzene rings is 2. The minimum absolute atomic E-state index is 0.244. The van der Waals surface area contributed by atoms with Gasteiger partial charge in [-0.25, -0.2) is 8.78 Å². The summed E-state index contributed by atoms with van der Waals surface area (Å²) in [6.07, 6.45) is -0.953. The molecule has 0 spiro atoms. The van der Waals surface area contributed by atoms with E-state index in [0.29, 0.717) is 30.8 Å². The van der Waals surface area contributed by atoms with Gasteiger partial charge in [-0.1, -0.05) is 18.2 Å². The summed E-state index contributed by atoms with van der Waals surface area (Å²) in [5.41, 5.74) is 1.88. The second kappa shape index (κ2) is 9.23. The van der Waals surface area contributed by atoms with Crippen LogP contribution < -0.4 is 0 Å². The molecule has 2 aromatic carbocycles. The van der Waals surface area contributed by atoms with Gasteiger partial charge in [-0.15, -0.1) is 0 Å². The Morgan fingerprint density at radius 1 is 1.16 bits per heavy atom. The Kier molecular flexibility index (Phi) is 7.02. The van der Waals surface area contributed by atoms with E-state index in [1.165, 1.54) is 6.07 Å². The second-order valence-electron chi connectivity index (χ2n) is 5.73. The number of halogens is 2. The summed E-state index contributed by atoms with van der Waals surface area (Å²) in [7, 11) is 1.59. The Morgan fingerprint density at radius 2 is 1.88 bits per heavy atom. The van der Waals surface area contributed by atoms with Gasteiger partial charge in [0.1, 0.15) is 0 Å². The number of aliphatic hydroxyl groups excluding tert-OH is 1. The summed E-state index contributed by atoms with van der Waals surface area (Å²) in [5.74, 6) is -1.92. The molecule has 0 saturated heterocycles. The first-order chi connectivity index (χ1) is 12.0. The largest absolute Gasteiger partial charge is 0.387 e. The lowest BCUT2D eigenvalue weighted by Crippen LogP contribution is -2.31. The molecule has 1 N–H and O–H groups in total. The second-order valence-corrected chi connectivity index (χ2v) is 5.73. The van der Waals surface area contributed by atoms with Crippen molar-refractivity contribution in [1.82, 2.24) is 4.90 Å². The molecule has 0 heterocycles. The molecule has 2 aromatic rings. The first-order valence-corrected chi connectivity index (χ1v) is 7.87. The Labute approximate surface area is 145 Å². The van der Waals surface area contributed by atoms with Crippen LogP contribution in [-0.4, -0.2) is 36.8 Å². The van der Waals surface area contributed by atoms with E-state index in [0.717, 1.165) is 17.7 Å². The third-order valence-corrected chi connectivity index (χ3v) is 3.86. The highest BCUT2D eigenvalue weighted by atomic mass is 19.2. The standard InChI is InChI=1S/C19H20F2N2O2/c1-25-9-8-23(12-15-4-2-14(11-22)3-5-15)13-19(24)16-6-7-17(20)18(21)10-16/h2-7,10,19,24H,8-9,12-13H2,1H3. The normalized spacial score (nSPS) is 12.2. The molecule has 0 aromatic heterocycles. The lowest BCUT2D eigenvalue weighted by Gasteiger charge is -2.25. The third-order valence-electron chi connectivity index (χ3n) is 3.86. The smallest absolute Gasteiger partial charge is 0.159 e. The number of methoxy groups -OCH3 is 1. The Morgan fingerprint density at radius 3 is 2.48 bits per heavy atom. The van der Waals surface area contributed by atoms with Crippen molar-refractivity contribution in [1.29, 1.82) is 5.26 Å². The fraction of sp³-hybridized carbons (Fsp3) is 0.316. The van der Waals surface area contributed by atoms with Crippen LogP contribution in [0.5, 0.6) is 0 Å². The maximum absolute atomic E-state index is 13.4. The van der Waals surface area contributed by atoms with Gasteiger partial charge in [-0.3, -0.25) is 4.90 Å². The molecule has 25 heavy (non-hydrogen) atoms. The van der Waals surface area contributed by atoms with Gasteiger partial charge in [-0.05, 0) is 35.4 Å². The highest BCUT2D eigenvalue weighted by molar-refractivity contribution is 5.31. The highest BCUT2D eigenvalue weighted by Gasteiger charge is 2.16. The zero-order chi connectivity index (χ0) is 18.2. The molecule has 0 amide bonds. The summed E-state index contributed by atoms with van der Waals surface area (Å²) >= 11 is 0. The number of nitriles is 1. The van der Waals surface area contributed by atoms with Crippen LogP contribution in [0, 0.1) is 23.0 Å². The number of ether oxygens (including phenoxy) is 1. The average molecular weight is 346 g/mol. The van der Waals surface area contributed by atoms with Crippen LogP contribution in [0.4, 0.5) is 8.78 Å². The molecule has 4 nitrogen and oxygen atoms in total. The SMILES string of the molecule is COCCN(Cc1ccc(C#N)cc1)CC(O)c1ccc(F)c(F)c1. The fourth-order valence-corrected chi connectivity index (χ4v) is 2.47. The van der Waals surface area contributed by atoms with E-state index in [-0.39, 0.29) is 6.54 Å².